The van der Waals surface area contributed by atoms with Crippen molar-refractivity contribution in [2.45, 2.75) is 16.6 Å². The van der Waals surface area contributed by atoms with Crippen molar-refractivity contribution in [2.75, 3.05) is 20.8 Å². The number of benzene rings is 1. The average Bonchev–Trinajstić information content (AvgIpc) is 2.60. The lowest BCUT2D eigenvalue weighted by Crippen LogP contribution is -2.30. The van der Waals surface area contributed by atoms with E-state index in [0.717, 1.165) is 16.3 Å². The molecular weight excluding hydrogens is 314 g/mol. The Bertz CT molecular complexity index is 791. The lowest BCUT2D eigenvalue weighted by molar-refractivity contribution is 0.260. The van der Waals surface area contributed by atoms with Crippen molar-refractivity contribution in [3.8, 4) is 23.6 Å². The van der Waals surface area contributed by atoms with E-state index in [0.29, 0.717) is 23.9 Å². The zero-order valence-corrected chi connectivity index (χ0v) is 13.8. The number of aromatic nitrogens is 2. The number of rotatable bonds is 3. The summed E-state index contributed by atoms with van der Waals surface area (Å²) < 4.78 is 15.8. The molecule has 0 amide bonds. The minimum absolute atomic E-state index is 0.345. The Labute approximate surface area is 138 Å². The molecule has 0 fully saturated rings. The fraction of sp³-hybridized carbons (Fsp3) is 0.312. The van der Waals surface area contributed by atoms with Gasteiger partial charge >= 0.3 is 0 Å². The lowest BCUT2D eigenvalue weighted by Gasteiger charge is -2.33. The van der Waals surface area contributed by atoms with E-state index in [-0.39, 0.29) is 0 Å². The monoisotopic (exact) mass is 329 g/mol. The van der Waals surface area contributed by atoms with Crippen molar-refractivity contribution in [1.82, 2.24) is 9.97 Å². The predicted molar refractivity (Wildman–Crippen MR) is 85.0 cm³/mol. The summed E-state index contributed by atoms with van der Waals surface area (Å²) in [6.07, 6.45) is 1.67. The van der Waals surface area contributed by atoms with Crippen molar-refractivity contribution in [1.29, 1.82) is 5.26 Å². The van der Waals surface area contributed by atoms with Crippen LogP contribution in [0.2, 0.25) is 0 Å². The first-order valence-corrected chi connectivity index (χ1v) is 7.73. The Morgan fingerprint density at radius 2 is 2.09 bits per heavy atom. The van der Waals surface area contributed by atoms with Gasteiger partial charge < -0.3 is 14.2 Å². The van der Waals surface area contributed by atoms with Gasteiger partial charge in [0, 0.05) is 0 Å². The van der Waals surface area contributed by atoms with Gasteiger partial charge in [0.2, 0.25) is 0 Å². The summed E-state index contributed by atoms with van der Waals surface area (Å²) in [7, 11) is 3.05. The quantitative estimate of drug-likeness (QED) is 0.857. The molecule has 0 saturated heterocycles. The van der Waals surface area contributed by atoms with Crippen LogP contribution in [0.4, 0.5) is 0 Å². The third-order valence-electron chi connectivity index (χ3n) is 3.55. The van der Waals surface area contributed by atoms with Crippen LogP contribution >= 0.6 is 11.8 Å². The first kappa shape index (κ1) is 15.4. The van der Waals surface area contributed by atoms with Crippen LogP contribution in [0.5, 0.6) is 17.5 Å². The summed E-state index contributed by atoms with van der Waals surface area (Å²) in [4.78, 5) is 9.72. The van der Waals surface area contributed by atoms with Crippen LogP contribution in [0.3, 0.4) is 0 Å². The average molecular weight is 329 g/mol. The molecule has 2 aromatic rings. The molecule has 2 heterocycles. The van der Waals surface area contributed by atoms with Crippen molar-refractivity contribution in [2.24, 2.45) is 0 Å². The van der Waals surface area contributed by atoms with Gasteiger partial charge in [0.05, 0.1) is 47.4 Å². The molecule has 1 aromatic heterocycles. The zero-order valence-electron chi connectivity index (χ0n) is 13.0. The zero-order chi connectivity index (χ0) is 16.4. The van der Waals surface area contributed by atoms with Crippen LogP contribution in [-0.4, -0.2) is 30.8 Å². The van der Waals surface area contributed by atoms with Gasteiger partial charge in [0.15, 0.2) is 0 Å². The summed E-state index contributed by atoms with van der Waals surface area (Å²) in [6.45, 7) is 2.46. The van der Waals surface area contributed by atoms with E-state index >= 15 is 0 Å². The van der Waals surface area contributed by atoms with Crippen LogP contribution in [0.25, 0.3) is 0 Å². The molecule has 0 saturated carbocycles. The van der Waals surface area contributed by atoms with E-state index in [1.54, 1.807) is 30.1 Å². The SMILES string of the molecule is COc1ncc(C2(C)COc3cc(C#N)ccc3S2)nc1OC. The molecule has 1 atom stereocenters. The summed E-state index contributed by atoms with van der Waals surface area (Å²) in [5.41, 5.74) is 1.33. The highest BCUT2D eigenvalue weighted by Crippen LogP contribution is 2.48. The van der Waals surface area contributed by atoms with E-state index in [1.807, 2.05) is 13.0 Å². The Morgan fingerprint density at radius 3 is 2.78 bits per heavy atom. The molecule has 0 N–H and O–H groups in total. The first-order valence-electron chi connectivity index (χ1n) is 6.91. The number of hydrogen-bond acceptors (Lipinski definition) is 7. The topological polar surface area (TPSA) is 77.3 Å². The second-order valence-electron chi connectivity index (χ2n) is 5.17. The van der Waals surface area contributed by atoms with Gasteiger partial charge in [-0.1, -0.05) is 0 Å². The second-order valence-corrected chi connectivity index (χ2v) is 6.71. The Kier molecular flexibility index (Phi) is 4.01. The molecule has 3 rings (SSSR count). The number of nitrogens with zero attached hydrogens (tertiary/aromatic N) is 3. The third kappa shape index (κ3) is 2.78. The van der Waals surface area contributed by atoms with Crippen LogP contribution in [0.15, 0.2) is 29.3 Å². The number of thioether (sulfide) groups is 1. The van der Waals surface area contributed by atoms with Crippen LogP contribution in [0.1, 0.15) is 18.2 Å². The highest BCUT2D eigenvalue weighted by Gasteiger charge is 2.36. The van der Waals surface area contributed by atoms with Gasteiger partial charge in [-0.25, -0.2) is 9.97 Å². The minimum Gasteiger partial charge on any atom is -0.490 e. The van der Waals surface area contributed by atoms with E-state index in [4.69, 9.17) is 19.5 Å². The maximum Gasteiger partial charge on any atom is 0.278 e. The molecule has 23 heavy (non-hydrogen) atoms. The number of nitriles is 1. The van der Waals surface area contributed by atoms with Crippen molar-refractivity contribution in [3.63, 3.8) is 0 Å². The molecule has 1 aliphatic rings. The summed E-state index contributed by atoms with van der Waals surface area (Å²) in [5.74, 6) is 1.41. The molecule has 118 valence electrons. The molecule has 7 heteroatoms. The summed E-state index contributed by atoms with van der Waals surface area (Å²) in [5, 5.41) is 8.97. The molecule has 1 aliphatic heterocycles. The van der Waals surface area contributed by atoms with Gasteiger partial charge in [-0.3, -0.25) is 0 Å². The number of hydrogen-bond donors (Lipinski definition) is 0. The number of fused-ring (bicyclic) bond motifs is 1. The Morgan fingerprint density at radius 1 is 1.30 bits per heavy atom. The molecule has 0 aliphatic carbocycles. The minimum atomic E-state index is -0.409. The maximum absolute atomic E-state index is 8.97. The van der Waals surface area contributed by atoms with Gasteiger partial charge in [0.1, 0.15) is 12.4 Å². The number of ether oxygens (including phenoxy) is 3. The fourth-order valence-electron chi connectivity index (χ4n) is 2.28. The van der Waals surface area contributed by atoms with E-state index < -0.39 is 4.75 Å². The van der Waals surface area contributed by atoms with E-state index in [1.165, 1.54) is 14.2 Å². The molecular formula is C16H15N3O3S. The molecule has 0 radical (unpaired) electrons. The second kappa shape index (κ2) is 5.97. The van der Waals surface area contributed by atoms with Gasteiger partial charge in [-0.05, 0) is 25.1 Å². The Balaban J connectivity index is 1.96. The van der Waals surface area contributed by atoms with Crippen molar-refractivity contribution >= 4 is 11.8 Å². The normalized spacial score (nSPS) is 19.2. The maximum atomic E-state index is 8.97. The van der Waals surface area contributed by atoms with Crippen LogP contribution in [-0.2, 0) is 4.75 Å². The standard InChI is InChI=1S/C16H15N3O3S/c1-16(13-8-18-14(20-2)15(19-13)21-3)9-22-11-6-10(7-17)4-5-12(11)23-16/h4-6,8H,9H2,1-3H3. The molecule has 1 aromatic carbocycles. The fourth-order valence-corrected chi connectivity index (χ4v) is 3.44. The van der Waals surface area contributed by atoms with Gasteiger partial charge in [-0.15, -0.1) is 11.8 Å². The highest BCUT2D eigenvalue weighted by molar-refractivity contribution is 8.00. The predicted octanol–water partition coefficient (Wildman–Crippen LogP) is 2.77. The van der Waals surface area contributed by atoms with Crippen molar-refractivity contribution < 1.29 is 14.2 Å². The molecule has 0 spiro atoms. The van der Waals surface area contributed by atoms with Gasteiger partial charge in [-0.2, -0.15) is 5.26 Å². The molecule has 0 bridgehead atoms. The Hall–Kier alpha value is -2.46. The van der Waals surface area contributed by atoms with Gasteiger partial charge in [0.25, 0.3) is 11.8 Å². The van der Waals surface area contributed by atoms with E-state index in [2.05, 4.69) is 16.0 Å². The van der Waals surface area contributed by atoms with Crippen LogP contribution in [0, 0.1) is 11.3 Å². The largest absolute Gasteiger partial charge is 0.490 e. The molecule has 6 nitrogen and oxygen atoms in total. The first-order chi connectivity index (χ1) is 11.1. The number of methoxy groups -OCH3 is 2. The molecule has 1 unspecified atom stereocenters. The summed E-state index contributed by atoms with van der Waals surface area (Å²) in [6, 6.07) is 7.54. The van der Waals surface area contributed by atoms with E-state index in [9.17, 15) is 0 Å². The van der Waals surface area contributed by atoms with Crippen molar-refractivity contribution in [3.05, 3.63) is 35.7 Å². The van der Waals surface area contributed by atoms with Crippen LogP contribution < -0.4 is 14.2 Å². The lowest BCUT2D eigenvalue weighted by atomic mass is 10.1. The third-order valence-corrected chi connectivity index (χ3v) is 4.88. The smallest absolute Gasteiger partial charge is 0.278 e. The highest BCUT2D eigenvalue weighted by atomic mass is 32.2. The summed E-state index contributed by atoms with van der Waals surface area (Å²) >= 11 is 1.63.